The van der Waals surface area contributed by atoms with Crippen LogP contribution in [0.3, 0.4) is 0 Å². The summed E-state index contributed by atoms with van der Waals surface area (Å²) in [6, 6.07) is 6.63. The molecule has 0 radical (unpaired) electrons. The summed E-state index contributed by atoms with van der Waals surface area (Å²) in [5.41, 5.74) is 0.164. The molecule has 0 N–H and O–H groups in total. The molecular formula is C11H10ClN3O3. The van der Waals surface area contributed by atoms with Gasteiger partial charge < -0.3 is 4.74 Å². The molecule has 1 heterocycles. The molecule has 1 aromatic heterocycles. The standard InChI is InChI=1S/C11H10ClN3O3/c1-7-10(15(16)17)11(14(2)13-7)18-9-5-3-4-8(12)6-9/h3-6H,1-2H3. The number of hydrogen-bond acceptors (Lipinski definition) is 4. The molecule has 2 rings (SSSR count). The molecule has 0 aliphatic rings. The molecule has 0 saturated carbocycles. The van der Waals surface area contributed by atoms with Crippen LogP contribution in [0.5, 0.6) is 11.6 Å². The third-order valence-electron chi connectivity index (χ3n) is 2.33. The van der Waals surface area contributed by atoms with Crippen LogP contribution in [0.2, 0.25) is 5.02 Å². The Hall–Kier alpha value is -2.08. The van der Waals surface area contributed by atoms with E-state index >= 15 is 0 Å². The van der Waals surface area contributed by atoms with E-state index in [1.54, 1.807) is 38.2 Å². The van der Waals surface area contributed by atoms with Gasteiger partial charge in [0.05, 0.1) is 4.92 Å². The van der Waals surface area contributed by atoms with E-state index in [2.05, 4.69) is 5.10 Å². The van der Waals surface area contributed by atoms with Crippen molar-refractivity contribution in [2.24, 2.45) is 7.05 Å². The fourth-order valence-corrected chi connectivity index (χ4v) is 1.77. The molecule has 0 saturated heterocycles. The smallest absolute Gasteiger partial charge is 0.353 e. The maximum atomic E-state index is 11.0. The lowest BCUT2D eigenvalue weighted by molar-refractivity contribution is -0.386. The molecule has 0 spiro atoms. The molecule has 0 atom stereocenters. The fourth-order valence-electron chi connectivity index (χ4n) is 1.59. The quantitative estimate of drug-likeness (QED) is 0.633. The van der Waals surface area contributed by atoms with Crippen LogP contribution in [-0.4, -0.2) is 14.7 Å². The van der Waals surface area contributed by atoms with Gasteiger partial charge in [-0.3, -0.25) is 10.1 Å². The van der Waals surface area contributed by atoms with Gasteiger partial charge in [0.2, 0.25) is 0 Å². The second-order valence-electron chi connectivity index (χ2n) is 3.68. The van der Waals surface area contributed by atoms with E-state index in [9.17, 15) is 10.1 Å². The third kappa shape index (κ3) is 2.28. The lowest BCUT2D eigenvalue weighted by atomic mass is 10.3. The summed E-state index contributed by atoms with van der Waals surface area (Å²) in [4.78, 5) is 10.4. The highest BCUT2D eigenvalue weighted by molar-refractivity contribution is 6.30. The Kier molecular flexibility index (Phi) is 3.20. The first-order valence-corrected chi connectivity index (χ1v) is 5.48. The molecular weight excluding hydrogens is 258 g/mol. The molecule has 2 aromatic rings. The van der Waals surface area contributed by atoms with Crippen LogP contribution in [0, 0.1) is 17.0 Å². The molecule has 7 heteroatoms. The van der Waals surface area contributed by atoms with E-state index in [1.807, 2.05) is 0 Å². The summed E-state index contributed by atoms with van der Waals surface area (Å²) >= 11 is 5.82. The van der Waals surface area contributed by atoms with Crippen LogP contribution in [0.15, 0.2) is 24.3 Å². The van der Waals surface area contributed by atoms with Gasteiger partial charge in [0.1, 0.15) is 11.4 Å². The summed E-state index contributed by atoms with van der Waals surface area (Å²) in [5.74, 6) is 0.508. The molecule has 0 fully saturated rings. The lowest BCUT2D eigenvalue weighted by Gasteiger charge is -2.05. The zero-order chi connectivity index (χ0) is 13.3. The summed E-state index contributed by atoms with van der Waals surface area (Å²) < 4.78 is 6.81. The molecule has 6 nitrogen and oxygen atoms in total. The van der Waals surface area contributed by atoms with Gasteiger partial charge in [-0.2, -0.15) is 5.10 Å². The van der Waals surface area contributed by atoms with Gasteiger partial charge in [-0.25, -0.2) is 4.68 Å². The van der Waals surface area contributed by atoms with Crippen LogP contribution in [0.4, 0.5) is 5.69 Å². The zero-order valence-electron chi connectivity index (χ0n) is 9.75. The van der Waals surface area contributed by atoms with Gasteiger partial charge in [0.15, 0.2) is 0 Å². The van der Waals surface area contributed by atoms with Crippen LogP contribution in [-0.2, 0) is 7.05 Å². The Labute approximate surface area is 108 Å². The number of ether oxygens (including phenoxy) is 1. The van der Waals surface area contributed by atoms with Crippen molar-refractivity contribution in [3.8, 4) is 11.6 Å². The maximum Gasteiger partial charge on any atom is 0.353 e. The average molecular weight is 268 g/mol. The van der Waals surface area contributed by atoms with Gasteiger partial charge in [0, 0.05) is 12.1 Å². The van der Waals surface area contributed by atoms with Gasteiger partial charge in [-0.05, 0) is 25.1 Å². The number of nitro groups is 1. The summed E-state index contributed by atoms with van der Waals surface area (Å²) in [6.07, 6.45) is 0. The van der Waals surface area contributed by atoms with Crippen molar-refractivity contribution >= 4 is 17.3 Å². The largest absolute Gasteiger partial charge is 0.434 e. The Morgan fingerprint density at radius 1 is 1.50 bits per heavy atom. The SMILES string of the molecule is Cc1nn(C)c(Oc2cccc(Cl)c2)c1[N+](=O)[O-]. The highest BCUT2D eigenvalue weighted by Gasteiger charge is 2.26. The monoisotopic (exact) mass is 267 g/mol. The molecule has 18 heavy (non-hydrogen) atoms. The van der Waals surface area contributed by atoms with E-state index in [0.717, 1.165) is 0 Å². The Morgan fingerprint density at radius 2 is 2.22 bits per heavy atom. The van der Waals surface area contributed by atoms with Gasteiger partial charge in [-0.1, -0.05) is 17.7 Å². The van der Waals surface area contributed by atoms with Crippen molar-refractivity contribution in [1.29, 1.82) is 0 Å². The second kappa shape index (κ2) is 4.66. The number of benzene rings is 1. The predicted octanol–water partition coefficient (Wildman–Crippen LogP) is 3.08. The van der Waals surface area contributed by atoms with Crippen molar-refractivity contribution < 1.29 is 9.66 Å². The van der Waals surface area contributed by atoms with Crippen LogP contribution >= 0.6 is 11.6 Å². The second-order valence-corrected chi connectivity index (χ2v) is 4.12. The van der Waals surface area contributed by atoms with Crippen molar-refractivity contribution in [1.82, 2.24) is 9.78 Å². The van der Waals surface area contributed by atoms with Crippen molar-refractivity contribution in [2.75, 3.05) is 0 Å². The molecule has 0 amide bonds. The molecule has 94 valence electrons. The van der Waals surface area contributed by atoms with Crippen molar-refractivity contribution in [2.45, 2.75) is 6.92 Å². The third-order valence-corrected chi connectivity index (χ3v) is 2.57. The number of aryl methyl sites for hydroxylation is 2. The van der Waals surface area contributed by atoms with Crippen LogP contribution < -0.4 is 4.74 Å². The Balaban J connectivity index is 2.43. The minimum Gasteiger partial charge on any atom is -0.434 e. The minimum atomic E-state index is -0.512. The van der Waals surface area contributed by atoms with Crippen molar-refractivity contribution in [3.63, 3.8) is 0 Å². The van der Waals surface area contributed by atoms with E-state index in [1.165, 1.54) is 4.68 Å². The van der Waals surface area contributed by atoms with E-state index in [4.69, 9.17) is 16.3 Å². The number of halogens is 1. The topological polar surface area (TPSA) is 70.2 Å². The molecule has 0 aliphatic carbocycles. The number of aromatic nitrogens is 2. The number of nitrogens with zero attached hydrogens (tertiary/aromatic N) is 3. The Morgan fingerprint density at radius 3 is 2.83 bits per heavy atom. The lowest BCUT2D eigenvalue weighted by Crippen LogP contribution is -1.97. The Bertz CT molecular complexity index is 610. The van der Waals surface area contributed by atoms with Crippen molar-refractivity contribution in [3.05, 3.63) is 45.1 Å². The van der Waals surface area contributed by atoms with Crippen LogP contribution in [0.25, 0.3) is 0 Å². The summed E-state index contributed by atoms with van der Waals surface area (Å²) in [7, 11) is 1.58. The highest BCUT2D eigenvalue weighted by Crippen LogP contribution is 2.33. The van der Waals surface area contributed by atoms with E-state index in [0.29, 0.717) is 16.5 Å². The van der Waals surface area contributed by atoms with Gasteiger partial charge in [-0.15, -0.1) is 0 Å². The summed E-state index contributed by atoms with van der Waals surface area (Å²) in [6.45, 7) is 1.56. The zero-order valence-corrected chi connectivity index (χ0v) is 10.5. The molecule has 1 aromatic carbocycles. The number of hydrogen-bond donors (Lipinski definition) is 0. The van der Waals surface area contributed by atoms with Crippen LogP contribution in [0.1, 0.15) is 5.69 Å². The van der Waals surface area contributed by atoms with E-state index < -0.39 is 4.92 Å². The van der Waals surface area contributed by atoms with Gasteiger partial charge in [0.25, 0.3) is 5.88 Å². The number of rotatable bonds is 3. The molecule has 0 aliphatic heterocycles. The maximum absolute atomic E-state index is 11.0. The van der Waals surface area contributed by atoms with Gasteiger partial charge >= 0.3 is 5.69 Å². The summed E-state index contributed by atoms with van der Waals surface area (Å²) in [5, 5.41) is 15.4. The molecule has 0 bridgehead atoms. The highest BCUT2D eigenvalue weighted by atomic mass is 35.5. The average Bonchev–Trinajstić information content (AvgIpc) is 2.53. The first-order valence-electron chi connectivity index (χ1n) is 5.10. The predicted molar refractivity (Wildman–Crippen MR) is 66.1 cm³/mol. The molecule has 0 unspecified atom stereocenters. The first-order chi connectivity index (χ1) is 8.49. The minimum absolute atomic E-state index is 0.0831. The normalized spacial score (nSPS) is 10.4. The fraction of sp³-hybridized carbons (Fsp3) is 0.182. The van der Waals surface area contributed by atoms with E-state index in [-0.39, 0.29) is 11.6 Å². The first kappa shape index (κ1) is 12.4.